The number of rotatable bonds is 2. The summed E-state index contributed by atoms with van der Waals surface area (Å²) in [4.78, 5) is 15.6. The third-order valence-electron chi connectivity index (χ3n) is 3.20. The molecule has 3 aromatic rings. The average Bonchev–Trinajstić information content (AvgIpc) is 2.46. The van der Waals surface area contributed by atoms with E-state index in [1.807, 2.05) is 12.1 Å². The normalized spacial score (nSPS) is 10.7. The predicted octanol–water partition coefficient (Wildman–Crippen LogP) is 3.01. The number of hydrogen-bond donors (Lipinski definition) is 3. The third-order valence-corrected chi connectivity index (χ3v) is 3.20. The summed E-state index contributed by atoms with van der Waals surface area (Å²) in [6.07, 6.45) is 0. The van der Waals surface area contributed by atoms with Gasteiger partial charge in [-0.05, 0) is 24.3 Å². The molecule has 0 saturated heterocycles. The molecule has 0 bridgehead atoms. The molecule has 0 fully saturated rings. The minimum absolute atomic E-state index is 0.0955. The van der Waals surface area contributed by atoms with Gasteiger partial charge in [-0.3, -0.25) is 0 Å². The summed E-state index contributed by atoms with van der Waals surface area (Å²) in [5, 5.41) is 29.4. The highest BCUT2D eigenvalue weighted by Gasteiger charge is 2.17. The zero-order valence-corrected chi connectivity index (χ0v) is 10.8. The molecule has 0 saturated carbocycles. The number of aromatic hydroxyl groups is 2. The van der Waals surface area contributed by atoms with Crippen molar-refractivity contribution in [3.05, 3.63) is 54.2 Å². The number of carbonyl (C=O) groups is 1. The van der Waals surface area contributed by atoms with Crippen LogP contribution in [0.4, 0.5) is 0 Å². The van der Waals surface area contributed by atoms with Gasteiger partial charge >= 0.3 is 5.97 Å². The van der Waals surface area contributed by atoms with Crippen LogP contribution in [0.3, 0.4) is 0 Å². The van der Waals surface area contributed by atoms with Gasteiger partial charge in [-0.25, -0.2) is 9.78 Å². The summed E-state index contributed by atoms with van der Waals surface area (Å²) in [6, 6.07) is 12.8. The van der Waals surface area contributed by atoms with E-state index in [0.717, 1.165) is 11.5 Å². The van der Waals surface area contributed by atoms with Crippen molar-refractivity contribution in [3.8, 4) is 22.6 Å². The van der Waals surface area contributed by atoms with Gasteiger partial charge in [0.1, 0.15) is 11.5 Å². The van der Waals surface area contributed by atoms with Crippen LogP contribution in [0.5, 0.6) is 11.5 Å². The molecule has 0 unspecified atom stereocenters. The first-order valence-electron chi connectivity index (χ1n) is 6.21. The monoisotopic (exact) mass is 281 g/mol. The van der Waals surface area contributed by atoms with Gasteiger partial charge in [0.25, 0.3) is 0 Å². The van der Waals surface area contributed by atoms with E-state index in [1.54, 1.807) is 18.2 Å². The Hall–Kier alpha value is -3.08. The molecular formula is C16H11NO4. The Bertz CT molecular complexity index is 858. The average molecular weight is 281 g/mol. The van der Waals surface area contributed by atoms with Gasteiger partial charge in [0.2, 0.25) is 0 Å². The minimum Gasteiger partial charge on any atom is -0.508 e. The van der Waals surface area contributed by atoms with Crippen molar-refractivity contribution in [1.82, 2.24) is 4.98 Å². The molecule has 0 aliphatic carbocycles. The van der Waals surface area contributed by atoms with Gasteiger partial charge in [0.15, 0.2) is 5.69 Å². The van der Waals surface area contributed by atoms with E-state index in [2.05, 4.69) is 4.98 Å². The van der Waals surface area contributed by atoms with E-state index >= 15 is 0 Å². The largest absolute Gasteiger partial charge is 0.508 e. The van der Waals surface area contributed by atoms with Crippen molar-refractivity contribution in [3.63, 3.8) is 0 Å². The Balaban J connectivity index is 2.34. The minimum atomic E-state index is -1.18. The second-order valence-corrected chi connectivity index (χ2v) is 4.58. The van der Waals surface area contributed by atoms with Crippen LogP contribution in [0.2, 0.25) is 0 Å². The molecule has 1 aromatic heterocycles. The van der Waals surface area contributed by atoms with Crippen LogP contribution in [0.1, 0.15) is 10.5 Å². The fourth-order valence-electron chi connectivity index (χ4n) is 2.23. The molecule has 0 aliphatic rings. The summed E-state index contributed by atoms with van der Waals surface area (Å²) in [6.45, 7) is 0. The SMILES string of the molecule is O=C(O)c1nc2ccccc2cc1-c1ccc(O)cc1O. The van der Waals surface area contributed by atoms with Crippen LogP contribution >= 0.6 is 0 Å². The quantitative estimate of drug-likeness (QED) is 0.671. The lowest BCUT2D eigenvalue weighted by Gasteiger charge is -2.10. The van der Waals surface area contributed by atoms with Crippen molar-refractivity contribution >= 4 is 16.9 Å². The molecule has 0 spiro atoms. The molecule has 104 valence electrons. The first-order valence-corrected chi connectivity index (χ1v) is 6.21. The number of nitrogens with zero attached hydrogens (tertiary/aromatic N) is 1. The number of aromatic nitrogens is 1. The van der Waals surface area contributed by atoms with Crippen LogP contribution in [-0.4, -0.2) is 26.3 Å². The van der Waals surface area contributed by atoms with E-state index in [4.69, 9.17) is 0 Å². The molecule has 0 amide bonds. The van der Waals surface area contributed by atoms with Gasteiger partial charge < -0.3 is 15.3 Å². The number of phenolic OH excluding ortho intramolecular Hbond substituents is 2. The first kappa shape index (κ1) is 12.9. The lowest BCUT2D eigenvalue weighted by Crippen LogP contribution is -2.03. The number of hydrogen-bond acceptors (Lipinski definition) is 4. The standard InChI is InChI=1S/C16H11NO4/c18-10-5-6-11(14(19)8-10)12-7-9-3-1-2-4-13(9)17-15(12)16(20)21/h1-8,18-19H,(H,20,21). The fraction of sp³-hybridized carbons (Fsp3) is 0. The number of aromatic carboxylic acids is 1. The van der Waals surface area contributed by atoms with Crippen molar-refractivity contribution in [2.75, 3.05) is 0 Å². The van der Waals surface area contributed by atoms with Crippen LogP contribution in [0.15, 0.2) is 48.5 Å². The van der Waals surface area contributed by atoms with Crippen molar-refractivity contribution in [2.45, 2.75) is 0 Å². The maximum absolute atomic E-state index is 11.4. The van der Waals surface area contributed by atoms with Crippen LogP contribution in [0.25, 0.3) is 22.0 Å². The Labute approximate surface area is 119 Å². The maximum Gasteiger partial charge on any atom is 0.355 e. The number of para-hydroxylation sites is 1. The van der Waals surface area contributed by atoms with Crippen LogP contribution < -0.4 is 0 Å². The van der Waals surface area contributed by atoms with E-state index < -0.39 is 5.97 Å². The Morgan fingerprint density at radius 1 is 0.952 bits per heavy atom. The smallest absolute Gasteiger partial charge is 0.355 e. The summed E-state index contributed by atoms with van der Waals surface area (Å²) in [5.74, 6) is -1.47. The first-order chi connectivity index (χ1) is 10.1. The number of fused-ring (bicyclic) bond motifs is 1. The van der Waals surface area contributed by atoms with Crippen molar-refractivity contribution < 1.29 is 20.1 Å². The lowest BCUT2D eigenvalue weighted by atomic mass is 10.0. The van der Waals surface area contributed by atoms with Gasteiger partial charge in [-0.15, -0.1) is 0 Å². The Kier molecular flexibility index (Phi) is 2.95. The van der Waals surface area contributed by atoms with E-state index in [0.29, 0.717) is 16.6 Å². The Morgan fingerprint density at radius 3 is 2.43 bits per heavy atom. The molecule has 3 N–H and O–H groups in total. The second kappa shape index (κ2) is 4.79. The van der Waals surface area contributed by atoms with E-state index in [-0.39, 0.29) is 17.2 Å². The molecule has 2 aromatic carbocycles. The second-order valence-electron chi connectivity index (χ2n) is 4.58. The number of phenols is 2. The summed E-state index contributed by atoms with van der Waals surface area (Å²) in [7, 11) is 0. The van der Waals surface area contributed by atoms with E-state index in [9.17, 15) is 20.1 Å². The molecule has 3 rings (SSSR count). The summed E-state index contributed by atoms with van der Waals surface area (Å²) in [5.41, 5.74) is 1.04. The molecule has 0 radical (unpaired) electrons. The molecular weight excluding hydrogens is 270 g/mol. The molecule has 5 nitrogen and oxygen atoms in total. The summed E-state index contributed by atoms with van der Waals surface area (Å²) >= 11 is 0. The fourth-order valence-corrected chi connectivity index (χ4v) is 2.23. The highest BCUT2D eigenvalue weighted by molar-refractivity contribution is 5.99. The molecule has 0 aliphatic heterocycles. The topological polar surface area (TPSA) is 90.7 Å². The molecule has 21 heavy (non-hydrogen) atoms. The highest BCUT2D eigenvalue weighted by atomic mass is 16.4. The summed E-state index contributed by atoms with van der Waals surface area (Å²) < 4.78 is 0. The molecule has 1 heterocycles. The zero-order valence-electron chi connectivity index (χ0n) is 10.8. The number of pyridine rings is 1. The van der Waals surface area contributed by atoms with Crippen LogP contribution in [0, 0.1) is 0 Å². The molecule has 0 atom stereocenters. The maximum atomic E-state index is 11.4. The van der Waals surface area contributed by atoms with Gasteiger partial charge in [-0.1, -0.05) is 18.2 Å². The number of carboxylic acid groups (broad SMARTS) is 1. The van der Waals surface area contributed by atoms with Crippen molar-refractivity contribution in [2.24, 2.45) is 0 Å². The van der Waals surface area contributed by atoms with E-state index in [1.165, 1.54) is 12.1 Å². The van der Waals surface area contributed by atoms with Gasteiger partial charge in [-0.2, -0.15) is 0 Å². The Morgan fingerprint density at radius 2 is 1.71 bits per heavy atom. The number of carboxylic acids is 1. The number of benzene rings is 2. The van der Waals surface area contributed by atoms with Crippen LogP contribution in [-0.2, 0) is 0 Å². The highest BCUT2D eigenvalue weighted by Crippen LogP contribution is 2.35. The molecule has 5 heteroatoms. The zero-order chi connectivity index (χ0) is 15.0. The predicted molar refractivity (Wildman–Crippen MR) is 77.5 cm³/mol. The van der Waals surface area contributed by atoms with Crippen molar-refractivity contribution in [1.29, 1.82) is 0 Å². The van der Waals surface area contributed by atoms with Gasteiger partial charge in [0.05, 0.1) is 5.52 Å². The lowest BCUT2D eigenvalue weighted by molar-refractivity contribution is 0.0692. The van der Waals surface area contributed by atoms with Gasteiger partial charge in [0, 0.05) is 22.6 Å². The third kappa shape index (κ3) is 2.25.